The fraction of sp³-hybridized carbons (Fsp3) is 0.471. The predicted octanol–water partition coefficient (Wildman–Crippen LogP) is 3.95. The van der Waals surface area contributed by atoms with Crippen LogP contribution in [0, 0.1) is 16.7 Å². The van der Waals surface area contributed by atoms with Crippen LogP contribution >= 0.6 is 0 Å². The molecular formula is C17H21NO. The molecule has 0 spiro atoms. The summed E-state index contributed by atoms with van der Waals surface area (Å²) in [5, 5.41) is 11.9. The van der Waals surface area contributed by atoms with Crippen LogP contribution in [0.5, 0.6) is 0 Å². The highest BCUT2D eigenvalue weighted by Crippen LogP contribution is 2.72. The zero-order valence-corrected chi connectivity index (χ0v) is 12.0. The number of aliphatic hydroxyl groups excluding tert-OH is 1. The number of pyridine rings is 1. The molecule has 0 aliphatic heterocycles. The number of hydrogen-bond donors (Lipinski definition) is 1. The highest BCUT2D eigenvalue weighted by atomic mass is 16.3. The Kier molecular flexibility index (Phi) is 2.52. The van der Waals surface area contributed by atoms with E-state index in [2.05, 4.69) is 32.7 Å². The third-order valence-electron chi connectivity index (χ3n) is 5.45. The van der Waals surface area contributed by atoms with Gasteiger partial charge in [-0.15, -0.1) is 0 Å². The molecule has 2 nitrogen and oxygen atoms in total. The van der Waals surface area contributed by atoms with Crippen molar-refractivity contribution in [2.24, 2.45) is 16.7 Å². The third-order valence-corrected chi connectivity index (χ3v) is 5.45. The Hall–Kier alpha value is -1.41. The van der Waals surface area contributed by atoms with Crippen LogP contribution in [-0.4, -0.2) is 10.1 Å². The maximum atomic E-state index is 10.8. The van der Waals surface area contributed by atoms with E-state index in [-0.39, 0.29) is 10.8 Å². The van der Waals surface area contributed by atoms with Crippen LogP contribution in [-0.2, 0) is 0 Å². The van der Waals surface area contributed by atoms with Crippen molar-refractivity contribution in [3.8, 4) is 0 Å². The van der Waals surface area contributed by atoms with Gasteiger partial charge in [0.05, 0.1) is 11.6 Å². The van der Waals surface area contributed by atoms with E-state index in [1.54, 1.807) is 6.20 Å². The molecule has 1 aliphatic carbocycles. The Labute approximate surface area is 114 Å². The Morgan fingerprint density at radius 2 is 1.74 bits per heavy atom. The summed E-state index contributed by atoms with van der Waals surface area (Å²) in [5.74, 6) is 0.297. The standard InChI is InChI=1S/C17H21NO/c1-16(2)15(17(16,3)4)14(19)12-7-5-9-13-11(12)8-6-10-18-13/h5-10,14-15,19H,1-4H3. The Bertz CT molecular complexity index is 611. The zero-order valence-electron chi connectivity index (χ0n) is 12.0. The average molecular weight is 255 g/mol. The average Bonchev–Trinajstić information content (AvgIpc) is 2.78. The quantitative estimate of drug-likeness (QED) is 0.881. The van der Waals surface area contributed by atoms with Crippen LogP contribution in [0.25, 0.3) is 10.9 Å². The summed E-state index contributed by atoms with van der Waals surface area (Å²) in [6.07, 6.45) is 1.38. The molecule has 1 aromatic carbocycles. The van der Waals surface area contributed by atoms with Gasteiger partial charge in [-0.3, -0.25) is 4.98 Å². The molecule has 1 saturated carbocycles. The van der Waals surface area contributed by atoms with E-state index in [1.165, 1.54) is 0 Å². The van der Waals surface area contributed by atoms with E-state index in [1.807, 2.05) is 30.3 Å². The summed E-state index contributed by atoms with van der Waals surface area (Å²) in [6, 6.07) is 9.98. The van der Waals surface area contributed by atoms with Crippen molar-refractivity contribution in [3.63, 3.8) is 0 Å². The number of benzene rings is 1. The number of nitrogens with zero attached hydrogens (tertiary/aromatic N) is 1. The summed E-state index contributed by atoms with van der Waals surface area (Å²) in [7, 11) is 0. The maximum absolute atomic E-state index is 10.8. The van der Waals surface area contributed by atoms with Gasteiger partial charge in [0.25, 0.3) is 0 Å². The SMILES string of the molecule is CC1(C)C(C(O)c2cccc3ncccc23)C1(C)C. The molecule has 0 amide bonds. The first-order valence-corrected chi connectivity index (χ1v) is 6.89. The van der Waals surface area contributed by atoms with E-state index in [0.29, 0.717) is 5.92 Å². The number of fused-ring (bicyclic) bond motifs is 1. The van der Waals surface area contributed by atoms with E-state index in [0.717, 1.165) is 16.5 Å². The minimum Gasteiger partial charge on any atom is -0.388 e. The van der Waals surface area contributed by atoms with Crippen LogP contribution in [0.3, 0.4) is 0 Å². The van der Waals surface area contributed by atoms with Gasteiger partial charge < -0.3 is 5.11 Å². The highest BCUT2D eigenvalue weighted by molar-refractivity contribution is 5.82. The van der Waals surface area contributed by atoms with Crippen molar-refractivity contribution in [1.82, 2.24) is 4.98 Å². The van der Waals surface area contributed by atoms with Gasteiger partial charge in [-0.1, -0.05) is 45.9 Å². The molecule has 0 bridgehead atoms. The van der Waals surface area contributed by atoms with Gasteiger partial charge in [0.2, 0.25) is 0 Å². The number of hydrogen-bond acceptors (Lipinski definition) is 2. The van der Waals surface area contributed by atoms with Crippen LogP contribution in [0.4, 0.5) is 0 Å². The smallest absolute Gasteiger partial charge is 0.0835 e. The Morgan fingerprint density at radius 3 is 2.37 bits per heavy atom. The minimum absolute atomic E-state index is 0.177. The molecule has 100 valence electrons. The molecule has 1 fully saturated rings. The topological polar surface area (TPSA) is 33.1 Å². The lowest BCUT2D eigenvalue weighted by atomic mass is 9.96. The van der Waals surface area contributed by atoms with E-state index in [4.69, 9.17) is 0 Å². The molecule has 1 heterocycles. The predicted molar refractivity (Wildman–Crippen MR) is 77.8 cm³/mol. The second-order valence-electron chi connectivity index (χ2n) is 6.78. The number of aromatic nitrogens is 1. The van der Waals surface area contributed by atoms with E-state index >= 15 is 0 Å². The zero-order chi connectivity index (χ0) is 13.8. The maximum Gasteiger partial charge on any atom is 0.0835 e. The van der Waals surface area contributed by atoms with E-state index < -0.39 is 6.10 Å². The Morgan fingerprint density at radius 1 is 1.05 bits per heavy atom. The van der Waals surface area contributed by atoms with Gasteiger partial charge in [-0.2, -0.15) is 0 Å². The van der Waals surface area contributed by atoms with Crippen molar-refractivity contribution >= 4 is 10.9 Å². The molecule has 1 aliphatic rings. The van der Waals surface area contributed by atoms with Gasteiger partial charge in [-0.05, 0) is 28.5 Å². The molecule has 1 N–H and O–H groups in total. The first kappa shape index (κ1) is 12.6. The number of aliphatic hydroxyl groups is 1. The molecule has 0 saturated heterocycles. The summed E-state index contributed by atoms with van der Waals surface area (Å²) >= 11 is 0. The molecule has 2 aromatic rings. The molecule has 1 atom stereocenters. The minimum atomic E-state index is -0.419. The van der Waals surface area contributed by atoms with Crippen LogP contribution < -0.4 is 0 Å². The third kappa shape index (κ3) is 1.63. The van der Waals surface area contributed by atoms with E-state index in [9.17, 15) is 5.11 Å². The largest absolute Gasteiger partial charge is 0.388 e. The lowest BCUT2D eigenvalue weighted by molar-refractivity contribution is 0.132. The fourth-order valence-electron chi connectivity index (χ4n) is 3.60. The summed E-state index contributed by atoms with van der Waals surface area (Å²) < 4.78 is 0. The van der Waals surface area contributed by atoms with Crippen LogP contribution in [0.15, 0.2) is 36.5 Å². The second kappa shape index (κ2) is 3.80. The molecule has 1 aromatic heterocycles. The molecule has 1 unspecified atom stereocenters. The lowest BCUT2D eigenvalue weighted by Gasteiger charge is -2.15. The van der Waals surface area contributed by atoms with Gasteiger partial charge >= 0.3 is 0 Å². The van der Waals surface area contributed by atoms with Gasteiger partial charge in [-0.25, -0.2) is 0 Å². The summed E-state index contributed by atoms with van der Waals surface area (Å²) in [4.78, 5) is 4.37. The monoisotopic (exact) mass is 255 g/mol. The number of rotatable bonds is 2. The Balaban J connectivity index is 2.07. The van der Waals surface area contributed by atoms with Crippen molar-refractivity contribution in [2.45, 2.75) is 33.8 Å². The normalized spacial score (nSPS) is 22.4. The fourth-order valence-corrected chi connectivity index (χ4v) is 3.60. The summed E-state index contributed by atoms with van der Waals surface area (Å²) in [5.41, 5.74) is 2.32. The van der Waals surface area contributed by atoms with Crippen LogP contribution in [0.2, 0.25) is 0 Å². The van der Waals surface area contributed by atoms with Gasteiger partial charge in [0, 0.05) is 17.5 Å². The second-order valence-corrected chi connectivity index (χ2v) is 6.78. The van der Waals surface area contributed by atoms with Gasteiger partial charge in [0.15, 0.2) is 0 Å². The van der Waals surface area contributed by atoms with Crippen molar-refractivity contribution < 1.29 is 5.11 Å². The van der Waals surface area contributed by atoms with Crippen LogP contribution in [0.1, 0.15) is 39.4 Å². The highest BCUT2D eigenvalue weighted by Gasteiger charge is 2.67. The first-order chi connectivity index (χ1) is 8.87. The molecular weight excluding hydrogens is 234 g/mol. The summed E-state index contributed by atoms with van der Waals surface area (Å²) in [6.45, 7) is 8.96. The molecule has 3 rings (SSSR count). The molecule has 0 radical (unpaired) electrons. The molecule has 2 heteroatoms. The first-order valence-electron chi connectivity index (χ1n) is 6.89. The molecule has 19 heavy (non-hydrogen) atoms. The van der Waals surface area contributed by atoms with Gasteiger partial charge in [0.1, 0.15) is 0 Å². The van der Waals surface area contributed by atoms with Crippen molar-refractivity contribution in [3.05, 3.63) is 42.1 Å². The van der Waals surface area contributed by atoms with Crippen molar-refractivity contribution in [2.75, 3.05) is 0 Å². The van der Waals surface area contributed by atoms with Crippen molar-refractivity contribution in [1.29, 1.82) is 0 Å². The lowest BCUT2D eigenvalue weighted by Crippen LogP contribution is -2.06.